The second-order valence-corrected chi connectivity index (χ2v) is 4.41. The fourth-order valence-corrected chi connectivity index (χ4v) is 2.12. The Balaban J connectivity index is 1.97. The molecule has 0 saturated carbocycles. The van der Waals surface area contributed by atoms with Crippen molar-refractivity contribution < 1.29 is 14.3 Å². The zero-order chi connectivity index (χ0) is 12.8. The Morgan fingerprint density at radius 1 is 1.33 bits per heavy atom. The average molecular weight is 249 g/mol. The molecule has 1 heterocycles. The zero-order valence-corrected chi connectivity index (χ0v) is 10.6. The zero-order valence-electron chi connectivity index (χ0n) is 10.6. The molecule has 1 fully saturated rings. The fraction of sp³-hybridized carbons (Fsp3) is 0.500. The topological polar surface area (TPSA) is 47.6 Å². The van der Waals surface area contributed by atoms with E-state index in [2.05, 4.69) is 5.32 Å². The van der Waals surface area contributed by atoms with Gasteiger partial charge in [-0.15, -0.1) is 0 Å². The number of piperidine rings is 1. The lowest BCUT2D eigenvalue weighted by Crippen LogP contribution is -2.32. The van der Waals surface area contributed by atoms with Crippen molar-refractivity contribution in [3.05, 3.63) is 35.4 Å². The van der Waals surface area contributed by atoms with E-state index in [0.29, 0.717) is 12.2 Å². The second kappa shape index (κ2) is 6.52. The van der Waals surface area contributed by atoms with Gasteiger partial charge in [0, 0.05) is 0 Å². The van der Waals surface area contributed by atoms with Gasteiger partial charge in [0.15, 0.2) is 0 Å². The van der Waals surface area contributed by atoms with E-state index >= 15 is 0 Å². The molecular formula is C14H19NO3. The normalized spacial score (nSPS) is 16.5. The van der Waals surface area contributed by atoms with E-state index in [-0.39, 0.29) is 12.1 Å². The van der Waals surface area contributed by atoms with E-state index in [1.54, 1.807) is 6.07 Å². The van der Waals surface area contributed by atoms with Crippen LogP contribution >= 0.6 is 0 Å². The van der Waals surface area contributed by atoms with Crippen molar-refractivity contribution in [2.45, 2.75) is 25.6 Å². The van der Waals surface area contributed by atoms with Gasteiger partial charge in [-0.1, -0.05) is 18.2 Å². The first-order valence-corrected chi connectivity index (χ1v) is 6.30. The molecular weight excluding hydrogens is 230 g/mol. The Hall–Kier alpha value is -1.39. The lowest BCUT2D eigenvalue weighted by Gasteiger charge is -2.23. The molecule has 4 heteroatoms. The predicted molar refractivity (Wildman–Crippen MR) is 68.5 cm³/mol. The molecule has 0 aromatic heterocycles. The first kappa shape index (κ1) is 13.1. The molecule has 0 atom stereocenters. The highest BCUT2D eigenvalue weighted by molar-refractivity contribution is 5.90. The third-order valence-corrected chi connectivity index (χ3v) is 3.18. The van der Waals surface area contributed by atoms with Crippen LogP contribution in [0, 0.1) is 0 Å². The largest absolute Gasteiger partial charge is 0.465 e. The van der Waals surface area contributed by atoms with E-state index in [1.807, 2.05) is 18.2 Å². The number of carbonyl (C=O) groups excluding carboxylic acids is 1. The Morgan fingerprint density at radius 2 is 2.06 bits per heavy atom. The molecule has 1 aromatic carbocycles. The Morgan fingerprint density at radius 3 is 2.78 bits per heavy atom. The number of carbonyl (C=O) groups is 1. The van der Waals surface area contributed by atoms with Crippen LogP contribution < -0.4 is 5.32 Å². The molecule has 0 spiro atoms. The molecule has 98 valence electrons. The van der Waals surface area contributed by atoms with Gasteiger partial charge >= 0.3 is 5.97 Å². The summed E-state index contributed by atoms with van der Waals surface area (Å²) in [6.07, 6.45) is 2.35. The molecule has 0 radical (unpaired) electrons. The summed E-state index contributed by atoms with van der Waals surface area (Å²) in [5.74, 6) is -0.306. The lowest BCUT2D eigenvalue weighted by atomic mass is 10.1. The summed E-state index contributed by atoms with van der Waals surface area (Å²) < 4.78 is 10.6. The molecule has 1 N–H and O–H groups in total. The summed E-state index contributed by atoms with van der Waals surface area (Å²) in [5.41, 5.74) is 1.48. The molecule has 2 rings (SSSR count). The van der Waals surface area contributed by atoms with Crippen molar-refractivity contribution >= 4 is 5.97 Å². The minimum absolute atomic E-state index is 0.289. The molecule has 4 nitrogen and oxygen atoms in total. The van der Waals surface area contributed by atoms with Crippen LogP contribution in [0.25, 0.3) is 0 Å². The maximum Gasteiger partial charge on any atom is 0.338 e. The monoisotopic (exact) mass is 249 g/mol. The summed E-state index contributed by atoms with van der Waals surface area (Å²) in [5, 5.41) is 3.30. The summed E-state index contributed by atoms with van der Waals surface area (Å²) in [6, 6.07) is 7.42. The number of esters is 1. The fourth-order valence-electron chi connectivity index (χ4n) is 2.12. The second-order valence-electron chi connectivity index (χ2n) is 4.41. The van der Waals surface area contributed by atoms with Crippen LogP contribution in [0.2, 0.25) is 0 Å². The highest BCUT2D eigenvalue weighted by atomic mass is 16.5. The number of hydrogen-bond donors (Lipinski definition) is 1. The van der Waals surface area contributed by atoms with Crippen molar-refractivity contribution in [3.63, 3.8) is 0 Å². The molecule has 0 aliphatic carbocycles. The number of hydrogen-bond acceptors (Lipinski definition) is 4. The Bertz CT molecular complexity index is 400. The number of ether oxygens (including phenoxy) is 2. The van der Waals surface area contributed by atoms with Crippen molar-refractivity contribution in [1.29, 1.82) is 0 Å². The molecule has 0 unspecified atom stereocenters. The smallest absolute Gasteiger partial charge is 0.338 e. The summed E-state index contributed by atoms with van der Waals surface area (Å²) in [7, 11) is 1.40. The molecule has 1 saturated heterocycles. The number of benzene rings is 1. The third-order valence-electron chi connectivity index (χ3n) is 3.18. The van der Waals surface area contributed by atoms with Gasteiger partial charge in [-0.3, -0.25) is 0 Å². The maximum atomic E-state index is 11.6. The molecule has 18 heavy (non-hydrogen) atoms. The molecule has 1 aliphatic heterocycles. The van der Waals surface area contributed by atoms with Gasteiger partial charge in [0.1, 0.15) is 0 Å². The standard InChI is InChI=1S/C14H19NO3/c1-17-14(16)13-5-3-2-4-11(13)10-18-12-6-8-15-9-7-12/h2-5,12,15H,6-10H2,1H3. The van der Waals surface area contributed by atoms with Crippen molar-refractivity contribution in [2.75, 3.05) is 20.2 Å². The first-order chi connectivity index (χ1) is 8.81. The lowest BCUT2D eigenvalue weighted by molar-refractivity contribution is 0.0202. The third kappa shape index (κ3) is 3.31. The minimum atomic E-state index is -0.306. The summed E-state index contributed by atoms with van der Waals surface area (Å²) in [4.78, 5) is 11.6. The van der Waals surface area contributed by atoms with Crippen LogP contribution in [0.4, 0.5) is 0 Å². The highest BCUT2D eigenvalue weighted by Crippen LogP contribution is 2.15. The van der Waals surface area contributed by atoms with Gasteiger partial charge in [-0.05, 0) is 37.6 Å². The van der Waals surface area contributed by atoms with E-state index in [4.69, 9.17) is 9.47 Å². The first-order valence-electron chi connectivity index (χ1n) is 6.30. The van der Waals surface area contributed by atoms with Crippen molar-refractivity contribution in [2.24, 2.45) is 0 Å². The summed E-state index contributed by atoms with van der Waals surface area (Å²) >= 11 is 0. The van der Waals surface area contributed by atoms with Crippen molar-refractivity contribution in [3.8, 4) is 0 Å². The van der Waals surface area contributed by atoms with Crippen LogP contribution in [0.3, 0.4) is 0 Å². The molecule has 0 bridgehead atoms. The molecule has 1 aliphatic rings. The van der Waals surface area contributed by atoms with Crippen LogP contribution in [-0.2, 0) is 16.1 Å². The van der Waals surface area contributed by atoms with Gasteiger partial charge in [0.05, 0.1) is 25.4 Å². The maximum absolute atomic E-state index is 11.6. The van der Waals surface area contributed by atoms with Crippen LogP contribution in [0.5, 0.6) is 0 Å². The Kier molecular flexibility index (Phi) is 4.73. The predicted octanol–water partition coefficient (Wildman–Crippen LogP) is 1.74. The quantitative estimate of drug-likeness (QED) is 0.826. The van der Waals surface area contributed by atoms with Gasteiger partial charge in [0.25, 0.3) is 0 Å². The van der Waals surface area contributed by atoms with Gasteiger partial charge in [0.2, 0.25) is 0 Å². The molecule has 0 amide bonds. The van der Waals surface area contributed by atoms with E-state index in [0.717, 1.165) is 31.5 Å². The van der Waals surface area contributed by atoms with E-state index in [1.165, 1.54) is 7.11 Å². The average Bonchev–Trinajstić information content (AvgIpc) is 2.45. The van der Waals surface area contributed by atoms with Crippen LogP contribution in [0.15, 0.2) is 24.3 Å². The highest BCUT2D eigenvalue weighted by Gasteiger charge is 2.15. The summed E-state index contributed by atoms with van der Waals surface area (Å²) in [6.45, 7) is 2.47. The minimum Gasteiger partial charge on any atom is -0.465 e. The number of nitrogens with one attached hydrogen (secondary N) is 1. The van der Waals surface area contributed by atoms with E-state index < -0.39 is 0 Å². The SMILES string of the molecule is COC(=O)c1ccccc1COC1CCNCC1. The number of methoxy groups -OCH3 is 1. The van der Waals surface area contributed by atoms with Crippen LogP contribution in [0.1, 0.15) is 28.8 Å². The van der Waals surface area contributed by atoms with Crippen LogP contribution in [-0.4, -0.2) is 32.3 Å². The van der Waals surface area contributed by atoms with Crippen molar-refractivity contribution in [1.82, 2.24) is 5.32 Å². The van der Waals surface area contributed by atoms with Gasteiger partial charge in [-0.25, -0.2) is 4.79 Å². The van der Waals surface area contributed by atoms with Gasteiger partial charge in [-0.2, -0.15) is 0 Å². The number of rotatable bonds is 4. The molecule has 1 aromatic rings. The Labute approximate surface area is 107 Å². The van der Waals surface area contributed by atoms with E-state index in [9.17, 15) is 4.79 Å². The van der Waals surface area contributed by atoms with Gasteiger partial charge < -0.3 is 14.8 Å².